The number of esters is 2. The van der Waals surface area contributed by atoms with Gasteiger partial charge in [0, 0.05) is 18.3 Å². The van der Waals surface area contributed by atoms with Gasteiger partial charge in [-0.1, -0.05) is 34.6 Å². The van der Waals surface area contributed by atoms with E-state index in [1.54, 1.807) is 6.92 Å². The van der Waals surface area contributed by atoms with Crippen LogP contribution in [0, 0.1) is 50.7 Å². The average Bonchev–Trinajstić information content (AvgIpc) is 3.31. The molecule has 0 aromatic heterocycles. The van der Waals surface area contributed by atoms with Crippen molar-refractivity contribution in [1.29, 1.82) is 0 Å². The van der Waals surface area contributed by atoms with Gasteiger partial charge in [0.25, 0.3) is 0 Å². The van der Waals surface area contributed by atoms with Crippen LogP contribution < -0.4 is 0 Å². The first kappa shape index (κ1) is 27.1. The van der Waals surface area contributed by atoms with Gasteiger partial charge in [0.2, 0.25) is 0 Å². The fourth-order valence-corrected chi connectivity index (χ4v) is 12.6. The second-order valence-corrected chi connectivity index (χ2v) is 16.0. The Hall–Kier alpha value is -1.14. The summed E-state index contributed by atoms with van der Waals surface area (Å²) in [6, 6.07) is 0. The maximum atomic E-state index is 13.5. The van der Waals surface area contributed by atoms with Crippen molar-refractivity contribution in [2.24, 2.45) is 50.7 Å². The molecule has 5 aliphatic carbocycles. The van der Waals surface area contributed by atoms with E-state index in [0.29, 0.717) is 18.3 Å². The highest BCUT2D eigenvalue weighted by atomic mass is 16.6. The first-order valence-electron chi connectivity index (χ1n) is 15.3. The van der Waals surface area contributed by atoms with Crippen LogP contribution in [-0.4, -0.2) is 46.1 Å². The lowest BCUT2D eigenvalue weighted by atomic mass is 9.32. The van der Waals surface area contributed by atoms with E-state index in [2.05, 4.69) is 34.6 Å². The molecule has 0 amide bonds. The number of hydrogen-bond donors (Lipinski definition) is 2. The maximum Gasteiger partial charge on any atom is 0.313 e. The van der Waals surface area contributed by atoms with E-state index in [4.69, 9.17) is 9.47 Å². The molecule has 0 unspecified atom stereocenters. The smallest absolute Gasteiger partial charge is 0.313 e. The minimum Gasteiger partial charge on any atom is -0.462 e. The SMILES string of the molecule is CC(=O)O[C@H]1CC[C@@]2(C)[C@H](CC[C@]3(C)[C@H]2CC[C@@H]2[C@@H]4[C@@]5(CC[C@@]23C)CC[C@]4([C@](C)(O)CO)OC5=O)C1(C)C. The molecule has 2 N–H and O–H groups in total. The van der Waals surface area contributed by atoms with E-state index in [9.17, 15) is 19.8 Å². The molecular weight excluding hydrogens is 480 g/mol. The van der Waals surface area contributed by atoms with Gasteiger partial charge in [0.1, 0.15) is 17.3 Å². The summed E-state index contributed by atoms with van der Waals surface area (Å²) < 4.78 is 12.1. The molecule has 11 atom stereocenters. The third-order valence-corrected chi connectivity index (χ3v) is 14.6. The number of ether oxygens (including phenoxy) is 2. The largest absolute Gasteiger partial charge is 0.462 e. The van der Waals surface area contributed by atoms with Crippen LogP contribution in [0.4, 0.5) is 0 Å². The fraction of sp³-hybridized carbons (Fsp3) is 0.938. The zero-order valence-corrected chi connectivity index (χ0v) is 24.7. The molecular formula is C32H50O6. The van der Waals surface area contributed by atoms with Crippen LogP contribution in [-0.2, 0) is 19.1 Å². The van der Waals surface area contributed by atoms with Crippen molar-refractivity contribution in [2.75, 3.05) is 6.61 Å². The number of aliphatic hydroxyl groups is 2. The Morgan fingerprint density at radius 2 is 1.63 bits per heavy atom. The highest BCUT2D eigenvalue weighted by molar-refractivity contribution is 5.82. The van der Waals surface area contributed by atoms with Crippen LogP contribution in [0.3, 0.4) is 0 Å². The highest BCUT2D eigenvalue weighted by Crippen LogP contribution is 2.80. The Morgan fingerprint density at radius 1 is 0.947 bits per heavy atom. The number of carbonyl (C=O) groups excluding carboxylic acids is 2. The maximum absolute atomic E-state index is 13.5. The zero-order chi connectivity index (χ0) is 27.7. The molecule has 0 aromatic rings. The summed E-state index contributed by atoms with van der Waals surface area (Å²) >= 11 is 0. The van der Waals surface area contributed by atoms with E-state index < -0.39 is 23.2 Å². The molecule has 0 radical (unpaired) electrons. The Kier molecular flexibility index (Phi) is 5.54. The average molecular weight is 531 g/mol. The predicted molar refractivity (Wildman–Crippen MR) is 143 cm³/mol. The van der Waals surface area contributed by atoms with Crippen molar-refractivity contribution in [1.82, 2.24) is 0 Å². The van der Waals surface area contributed by atoms with Crippen LogP contribution in [0.25, 0.3) is 0 Å². The monoisotopic (exact) mass is 530 g/mol. The minimum atomic E-state index is -1.44. The van der Waals surface area contributed by atoms with Crippen molar-refractivity contribution < 1.29 is 29.3 Å². The molecule has 5 saturated carbocycles. The molecule has 6 rings (SSSR count). The summed E-state index contributed by atoms with van der Waals surface area (Å²) in [7, 11) is 0. The van der Waals surface area contributed by atoms with Crippen LogP contribution in [0.1, 0.15) is 113 Å². The quantitative estimate of drug-likeness (QED) is 0.473. The number of fused-ring (bicyclic) bond motifs is 5. The molecule has 2 bridgehead atoms. The van der Waals surface area contributed by atoms with E-state index >= 15 is 0 Å². The van der Waals surface area contributed by atoms with Crippen molar-refractivity contribution in [3.63, 3.8) is 0 Å². The lowest BCUT2D eigenvalue weighted by molar-refractivity contribution is -0.257. The summed E-state index contributed by atoms with van der Waals surface area (Å²) in [4.78, 5) is 25.4. The lowest BCUT2D eigenvalue weighted by Crippen LogP contribution is -2.68. The molecule has 6 heteroatoms. The molecule has 214 valence electrons. The van der Waals surface area contributed by atoms with E-state index in [1.165, 1.54) is 6.92 Å². The van der Waals surface area contributed by atoms with Crippen LogP contribution in [0.5, 0.6) is 0 Å². The molecule has 0 spiro atoms. The number of carbonyl (C=O) groups is 2. The van der Waals surface area contributed by atoms with Gasteiger partial charge < -0.3 is 19.7 Å². The third-order valence-electron chi connectivity index (χ3n) is 14.6. The molecule has 38 heavy (non-hydrogen) atoms. The van der Waals surface area contributed by atoms with E-state index in [-0.39, 0.29) is 51.5 Å². The van der Waals surface area contributed by atoms with Gasteiger partial charge in [-0.3, -0.25) is 9.59 Å². The second-order valence-electron chi connectivity index (χ2n) is 16.0. The summed E-state index contributed by atoms with van der Waals surface area (Å²) in [5.41, 5.74) is -2.68. The van der Waals surface area contributed by atoms with Crippen LogP contribution >= 0.6 is 0 Å². The fourth-order valence-electron chi connectivity index (χ4n) is 12.6. The summed E-state index contributed by atoms with van der Waals surface area (Å²) in [5, 5.41) is 21.8. The Morgan fingerprint density at radius 3 is 2.26 bits per heavy atom. The van der Waals surface area contributed by atoms with Gasteiger partial charge in [-0.15, -0.1) is 0 Å². The van der Waals surface area contributed by atoms with E-state index in [0.717, 1.165) is 57.8 Å². The topological polar surface area (TPSA) is 93.1 Å². The van der Waals surface area contributed by atoms with Crippen molar-refractivity contribution in [3.8, 4) is 0 Å². The van der Waals surface area contributed by atoms with E-state index in [1.807, 2.05) is 0 Å². The molecule has 1 heterocycles. The van der Waals surface area contributed by atoms with Crippen molar-refractivity contribution in [3.05, 3.63) is 0 Å². The summed E-state index contributed by atoms with van der Waals surface area (Å²) in [6.07, 6.45) is 9.67. The Bertz CT molecular complexity index is 1050. The zero-order valence-electron chi connectivity index (χ0n) is 24.7. The van der Waals surface area contributed by atoms with Gasteiger partial charge in [-0.2, -0.15) is 0 Å². The van der Waals surface area contributed by atoms with Crippen molar-refractivity contribution >= 4 is 11.9 Å². The standard InChI is InChI=1S/C32H50O6/c1-19(34)37-23-11-12-27(4)21(26(23,2)3)10-13-29(6)22(27)9-8-20-24-31(15-14-28(20,29)5)16-17-32(24,38-25(31)35)30(7,36)18-33/h20-24,33,36H,8-18H2,1-7H3/t20-,21-,22+,23+,24-,27+,28+,29-,30-,31-,32+/m1/s1. The van der Waals surface area contributed by atoms with Gasteiger partial charge >= 0.3 is 11.9 Å². The Labute approximate surface area is 228 Å². The second kappa shape index (κ2) is 7.78. The van der Waals surface area contributed by atoms with Crippen LogP contribution in [0.15, 0.2) is 0 Å². The first-order chi connectivity index (χ1) is 17.6. The highest BCUT2D eigenvalue weighted by Gasteiger charge is 2.81. The summed E-state index contributed by atoms with van der Waals surface area (Å²) in [6.45, 7) is 15.0. The molecule has 1 aliphatic heterocycles. The molecule has 6 fully saturated rings. The molecule has 6 nitrogen and oxygen atoms in total. The number of aliphatic hydroxyl groups excluding tert-OH is 1. The number of hydrogen-bond acceptors (Lipinski definition) is 6. The van der Waals surface area contributed by atoms with Gasteiger partial charge in [0.15, 0.2) is 0 Å². The lowest BCUT2D eigenvalue weighted by Gasteiger charge is -2.72. The van der Waals surface area contributed by atoms with Gasteiger partial charge in [0.05, 0.1) is 12.0 Å². The molecule has 0 aromatic carbocycles. The van der Waals surface area contributed by atoms with Gasteiger partial charge in [-0.05, 0) is 105 Å². The molecule has 1 saturated heterocycles. The van der Waals surface area contributed by atoms with Gasteiger partial charge in [-0.25, -0.2) is 0 Å². The first-order valence-corrected chi connectivity index (χ1v) is 15.3. The third kappa shape index (κ3) is 2.88. The molecule has 6 aliphatic rings. The minimum absolute atomic E-state index is 0.0262. The number of rotatable bonds is 3. The predicted octanol–water partition coefficient (Wildman–Crippen LogP) is 5.42. The summed E-state index contributed by atoms with van der Waals surface area (Å²) in [5.74, 6) is 1.00. The Balaban J connectivity index is 1.39. The normalized spacial score (nSPS) is 54.0. The van der Waals surface area contributed by atoms with Crippen LogP contribution in [0.2, 0.25) is 0 Å². The van der Waals surface area contributed by atoms with Crippen molar-refractivity contribution in [2.45, 2.75) is 130 Å².